The minimum Gasteiger partial charge on any atom is -0.378 e. The van der Waals surface area contributed by atoms with E-state index < -0.39 is 0 Å². The number of hydrogen-bond donors (Lipinski definition) is 0. The Morgan fingerprint density at radius 1 is 1.22 bits per heavy atom. The van der Waals surface area contributed by atoms with Gasteiger partial charge in [-0.3, -0.25) is 4.79 Å². The number of anilines is 1. The Balaban J connectivity index is 1.50. The van der Waals surface area contributed by atoms with E-state index in [4.69, 9.17) is 4.74 Å². The first kappa shape index (κ1) is 17.9. The molecule has 4 rings (SSSR count). The van der Waals surface area contributed by atoms with Crippen molar-refractivity contribution in [3.05, 3.63) is 42.7 Å². The zero-order valence-corrected chi connectivity index (χ0v) is 16.1. The summed E-state index contributed by atoms with van der Waals surface area (Å²) < 4.78 is 5.31. The highest BCUT2D eigenvalue weighted by molar-refractivity contribution is 7.21. The summed E-state index contributed by atoms with van der Waals surface area (Å²) in [5, 5.41) is 1.03. The van der Waals surface area contributed by atoms with E-state index in [0.717, 1.165) is 16.0 Å². The summed E-state index contributed by atoms with van der Waals surface area (Å²) in [4.78, 5) is 27.4. The summed E-state index contributed by atoms with van der Waals surface area (Å²) in [5.74, 6) is 1.04. The highest BCUT2D eigenvalue weighted by atomic mass is 32.1. The molecule has 0 spiro atoms. The molecule has 0 N–H and O–H groups in total. The van der Waals surface area contributed by atoms with E-state index in [-0.39, 0.29) is 5.91 Å². The second kappa shape index (κ2) is 8.02. The van der Waals surface area contributed by atoms with Crippen LogP contribution < -0.4 is 4.90 Å². The third-order valence-electron chi connectivity index (χ3n) is 4.75. The summed E-state index contributed by atoms with van der Waals surface area (Å²) in [6.45, 7) is 3.26. The van der Waals surface area contributed by atoms with Crippen LogP contribution in [0.25, 0.3) is 20.7 Å². The van der Waals surface area contributed by atoms with Crippen molar-refractivity contribution >= 4 is 33.3 Å². The Bertz CT molecular complexity index is 922. The first-order valence-corrected chi connectivity index (χ1v) is 9.90. The molecule has 0 atom stereocenters. The lowest BCUT2D eigenvalue weighted by molar-refractivity contribution is -0.135. The van der Waals surface area contributed by atoms with Gasteiger partial charge in [-0.15, -0.1) is 11.3 Å². The Labute approximate surface area is 162 Å². The van der Waals surface area contributed by atoms with E-state index in [0.29, 0.717) is 39.3 Å². The minimum atomic E-state index is 0.172. The van der Waals surface area contributed by atoms with Gasteiger partial charge in [-0.25, -0.2) is 9.97 Å². The number of carbonyl (C=O) groups is 1. The Kier molecular flexibility index (Phi) is 5.31. The fourth-order valence-corrected chi connectivity index (χ4v) is 4.23. The molecule has 1 aliphatic rings. The van der Waals surface area contributed by atoms with Crippen LogP contribution in [0.5, 0.6) is 0 Å². The molecule has 2 aromatic heterocycles. The van der Waals surface area contributed by atoms with E-state index in [1.807, 2.05) is 35.0 Å². The highest BCUT2D eigenvalue weighted by Gasteiger charge is 2.18. The molecule has 27 heavy (non-hydrogen) atoms. The molecule has 3 heterocycles. The average Bonchev–Trinajstić information content (AvgIpc) is 3.17. The molecule has 1 amide bonds. The standard InChI is InChI=1S/C20H22N4O2S/c1-23(8-7-18(25)24-9-11-26-12-10-24)19-16-13-17(15-5-3-2-4-6-15)27-20(16)22-14-21-19/h2-6,13-14H,7-12H2,1H3. The van der Waals surface area contributed by atoms with Gasteiger partial charge in [0.1, 0.15) is 17.0 Å². The topological polar surface area (TPSA) is 58.6 Å². The molecule has 0 radical (unpaired) electrons. The lowest BCUT2D eigenvalue weighted by Gasteiger charge is -2.28. The molecule has 1 saturated heterocycles. The molecule has 0 bridgehead atoms. The highest BCUT2D eigenvalue weighted by Crippen LogP contribution is 2.35. The smallest absolute Gasteiger partial charge is 0.224 e. The number of fused-ring (bicyclic) bond motifs is 1. The van der Waals surface area contributed by atoms with Crippen molar-refractivity contribution in [3.63, 3.8) is 0 Å². The van der Waals surface area contributed by atoms with Gasteiger partial charge in [0, 0.05) is 38.0 Å². The van der Waals surface area contributed by atoms with Crippen molar-refractivity contribution in [1.29, 1.82) is 0 Å². The summed E-state index contributed by atoms with van der Waals surface area (Å²) >= 11 is 1.66. The summed E-state index contributed by atoms with van der Waals surface area (Å²) in [5.41, 5.74) is 1.18. The quantitative estimate of drug-likeness (QED) is 0.679. The predicted octanol–water partition coefficient (Wildman–Crippen LogP) is 3.04. The minimum absolute atomic E-state index is 0.172. The van der Waals surface area contributed by atoms with Gasteiger partial charge in [0.05, 0.1) is 18.6 Å². The number of thiophene rings is 1. The number of amides is 1. The SMILES string of the molecule is CN(CCC(=O)N1CCOCC1)c1ncnc2sc(-c3ccccc3)cc12. The zero-order valence-electron chi connectivity index (χ0n) is 15.3. The second-order valence-electron chi connectivity index (χ2n) is 6.56. The second-order valence-corrected chi connectivity index (χ2v) is 7.59. The lowest BCUT2D eigenvalue weighted by Crippen LogP contribution is -2.41. The number of benzene rings is 1. The van der Waals surface area contributed by atoms with Crippen LogP contribution in [0.2, 0.25) is 0 Å². The summed E-state index contributed by atoms with van der Waals surface area (Å²) in [7, 11) is 1.98. The Hall–Kier alpha value is -2.51. The third-order valence-corrected chi connectivity index (χ3v) is 5.85. The van der Waals surface area contributed by atoms with Crippen molar-refractivity contribution in [2.24, 2.45) is 0 Å². The molecule has 1 aromatic carbocycles. The Morgan fingerprint density at radius 2 is 2.00 bits per heavy atom. The van der Waals surface area contributed by atoms with E-state index in [9.17, 15) is 4.79 Å². The van der Waals surface area contributed by atoms with Gasteiger partial charge in [-0.2, -0.15) is 0 Å². The maximum Gasteiger partial charge on any atom is 0.224 e. The van der Waals surface area contributed by atoms with Crippen LogP contribution in [0.1, 0.15) is 6.42 Å². The maximum absolute atomic E-state index is 12.4. The van der Waals surface area contributed by atoms with Crippen molar-refractivity contribution in [2.45, 2.75) is 6.42 Å². The van der Waals surface area contributed by atoms with Gasteiger partial charge in [0.25, 0.3) is 0 Å². The van der Waals surface area contributed by atoms with Gasteiger partial charge in [-0.1, -0.05) is 30.3 Å². The van der Waals surface area contributed by atoms with Crippen molar-refractivity contribution in [3.8, 4) is 10.4 Å². The van der Waals surface area contributed by atoms with E-state index in [2.05, 4.69) is 28.2 Å². The first-order valence-electron chi connectivity index (χ1n) is 9.09. The van der Waals surface area contributed by atoms with E-state index in [1.54, 1.807) is 17.7 Å². The third kappa shape index (κ3) is 3.94. The van der Waals surface area contributed by atoms with Crippen LogP contribution in [0.4, 0.5) is 5.82 Å². The number of morpholine rings is 1. The largest absolute Gasteiger partial charge is 0.378 e. The van der Waals surface area contributed by atoms with E-state index >= 15 is 0 Å². The van der Waals surface area contributed by atoms with Gasteiger partial charge in [-0.05, 0) is 11.6 Å². The fraction of sp³-hybridized carbons (Fsp3) is 0.350. The molecule has 7 heteroatoms. The van der Waals surface area contributed by atoms with E-state index in [1.165, 1.54) is 10.4 Å². The normalized spacial score (nSPS) is 14.5. The number of nitrogens with zero attached hydrogens (tertiary/aromatic N) is 4. The molecule has 140 valence electrons. The van der Waals surface area contributed by atoms with Gasteiger partial charge in [0.2, 0.25) is 5.91 Å². The lowest BCUT2D eigenvalue weighted by atomic mass is 10.2. The van der Waals surface area contributed by atoms with Crippen molar-refractivity contribution in [1.82, 2.24) is 14.9 Å². The molecule has 0 saturated carbocycles. The van der Waals surface area contributed by atoms with Crippen LogP contribution in [-0.2, 0) is 9.53 Å². The number of carbonyl (C=O) groups excluding carboxylic acids is 1. The fourth-order valence-electron chi connectivity index (χ4n) is 3.23. The van der Waals surface area contributed by atoms with Crippen LogP contribution >= 0.6 is 11.3 Å². The summed E-state index contributed by atoms with van der Waals surface area (Å²) in [6, 6.07) is 12.4. The molecule has 6 nitrogen and oxygen atoms in total. The van der Waals surface area contributed by atoms with Crippen molar-refractivity contribution in [2.75, 3.05) is 44.8 Å². The molecular weight excluding hydrogens is 360 g/mol. The number of hydrogen-bond acceptors (Lipinski definition) is 6. The van der Waals surface area contributed by atoms with Crippen LogP contribution in [0.15, 0.2) is 42.7 Å². The molecule has 0 aliphatic carbocycles. The zero-order chi connectivity index (χ0) is 18.6. The molecule has 3 aromatic rings. The molecule has 1 fully saturated rings. The maximum atomic E-state index is 12.4. The Morgan fingerprint density at radius 3 is 2.78 bits per heavy atom. The van der Waals surface area contributed by atoms with Gasteiger partial charge in [0.15, 0.2) is 0 Å². The number of ether oxygens (including phenoxy) is 1. The average molecular weight is 382 g/mol. The first-order chi connectivity index (χ1) is 13.2. The molecular formula is C20H22N4O2S. The van der Waals surface area contributed by atoms with Crippen LogP contribution in [-0.4, -0.2) is 60.7 Å². The molecule has 1 aliphatic heterocycles. The number of rotatable bonds is 5. The van der Waals surface area contributed by atoms with Crippen LogP contribution in [0, 0.1) is 0 Å². The predicted molar refractivity (Wildman–Crippen MR) is 108 cm³/mol. The van der Waals surface area contributed by atoms with Gasteiger partial charge >= 0.3 is 0 Å². The monoisotopic (exact) mass is 382 g/mol. The number of aromatic nitrogens is 2. The summed E-state index contributed by atoms with van der Waals surface area (Å²) in [6.07, 6.45) is 2.07. The van der Waals surface area contributed by atoms with Crippen molar-refractivity contribution < 1.29 is 9.53 Å². The molecule has 0 unspecified atom stereocenters. The van der Waals surface area contributed by atoms with Gasteiger partial charge < -0.3 is 14.5 Å². The van der Waals surface area contributed by atoms with Crippen LogP contribution in [0.3, 0.4) is 0 Å².